The standard InChI is InChI=1S/C19H22N2O4S/c1-12-4-5-13(15(9-12)25-11-14-3-2-8-24-14)10-21-19(23)17-7-6-16(26-17)18(20)22/h4-7,9,14H,2-3,8,10-11H2,1H3,(H2,20,22)(H,21,23). The van der Waals surface area contributed by atoms with Gasteiger partial charge in [-0.1, -0.05) is 12.1 Å². The summed E-state index contributed by atoms with van der Waals surface area (Å²) in [5, 5.41) is 2.86. The highest BCUT2D eigenvalue weighted by atomic mass is 32.1. The number of ether oxygens (including phenoxy) is 2. The monoisotopic (exact) mass is 374 g/mol. The maximum Gasteiger partial charge on any atom is 0.261 e. The number of hydrogen-bond acceptors (Lipinski definition) is 5. The van der Waals surface area contributed by atoms with Crippen molar-refractivity contribution >= 4 is 23.2 Å². The van der Waals surface area contributed by atoms with Crippen LogP contribution in [-0.2, 0) is 11.3 Å². The van der Waals surface area contributed by atoms with Crippen molar-refractivity contribution < 1.29 is 19.1 Å². The first-order valence-electron chi connectivity index (χ1n) is 8.54. The first kappa shape index (κ1) is 18.4. The van der Waals surface area contributed by atoms with Crippen molar-refractivity contribution in [3.8, 4) is 5.75 Å². The molecule has 3 rings (SSSR count). The minimum absolute atomic E-state index is 0.135. The summed E-state index contributed by atoms with van der Waals surface area (Å²) in [5.74, 6) is -0.0182. The molecule has 1 aliphatic heterocycles. The quantitative estimate of drug-likeness (QED) is 0.779. The molecule has 1 atom stereocenters. The summed E-state index contributed by atoms with van der Waals surface area (Å²) >= 11 is 1.08. The van der Waals surface area contributed by atoms with Gasteiger partial charge in [-0.2, -0.15) is 0 Å². The largest absolute Gasteiger partial charge is 0.491 e. The molecule has 6 nitrogen and oxygen atoms in total. The first-order chi connectivity index (χ1) is 12.5. The molecular formula is C19H22N2O4S. The van der Waals surface area contributed by atoms with E-state index in [-0.39, 0.29) is 12.0 Å². The maximum atomic E-state index is 12.3. The van der Waals surface area contributed by atoms with Gasteiger partial charge in [-0.25, -0.2) is 0 Å². The molecule has 0 radical (unpaired) electrons. The number of nitrogens with two attached hydrogens (primary N) is 1. The van der Waals surface area contributed by atoms with E-state index in [0.29, 0.717) is 22.9 Å². The molecule has 2 heterocycles. The molecule has 2 amide bonds. The molecule has 1 aromatic carbocycles. The van der Waals surface area contributed by atoms with Crippen molar-refractivity contribution in [1.82, 2.24) is 5.32 Å². The van der Waals surface area contributed by atoms with Crippen LogP contribution in [-0.4, -0.2) is 31.1 Å². The Bertz CT molecular complexity index is 797. The Balaban J connectivity index is 1.62. The van der Waals surface area contributed by atoms with E-state index in [1.807, 2.05) is 25.1 Å². The van der Waals surface area contributed by atoms with Gasteiger partial charge in [0.05, 0.1) is 15.9 Å². The molecule has 26 heavy (non-hydrogen) atoms. The Morgan fingerprint density at radius 1 is 1.31 bits per heavy atom. The number of nitrogens with one attached hydrogen (secondary N) is 1. The molecule has 0 saturated carbocycles. The topological polar surface area (TPSA) is 90.7 Å². The van der Waals surface area contributed by atoms with E-state index in [1.54, 1.807) is 12.1 Å². The van der Waals surface area contributed by atoms with E-state index in [9.17, 15) is 9.59 Å². The molecule has 1 saturated heterocycles. The first-order valence-corrected chi connectivity index (χ1v) is 9.36. The van der Waals surface area contributed by atoms with Crippen LogP contribution < -0.4 is 15.8 Å². The zero-order chi connectivity index (χ0) is 18.5. The van der Waals surface area contributed by atoms with E-state index in [2.05, 4.69) is 5.32 Å². The summed E-state index contributed by atoms with van der Waals surface area (Å²) in [7, 11) is 0. The predicted octanol–water partition coefficient (Wildman–Crippen LogP) is 2.64. The Hall–Kier alpha value is -2.38. The summed E-state index contributed by atoms with van der Waals surface area (Å²) in [6, 6.07) is 9.06. The third-order valence-corrected chi connectivity index (χ3v) is 5.28. The van der Waals surface area contributed by atoms with Crippen LogP contribution in [0.4, 0.5) is 0 Å². The van der Waals surface area contributed by atoms with Gasteiger partial charge in [0.25, 0.3) is 11.8 Å². The number of benzene rings is 1. The fourth-order valence-corrected chi connectivity index (χ4v) is 3.53. The van der Waals surface area contributed by atoms with E-state index in [1.165, 1.54) is 0 Å². The van der Waals surface area contributed by atoms with Crippen molar-refractivity contribution in [2.45, 2.75) is 32.4 Å². The highest BCUT2D eigenvalue weighted by molar-refractivity contribution is 7.15. The second-order valence-corrected chi connectivity index (χ2v) is 7.35. The molecule has 2 aromatic rings. The number of aryl methyl sites for hydroxylation is 1. The zero-order valence-corrected chi connectivity index (χ0v) is 15.4. The van der Waals surface area contributed by atoms with Gasteiger partial charge < -0.3 is 20.5 Å². The van der Waals surface area contributed by atoms with Gasteiger partial charge in [0.2, 0.25) is 0 Å². The summed E-state index contributed by atoms with van der Waals surface area (Å²) in [6.07, 6.45) is 2.22. The molecule has 0 aliphatic carbocycles. The van der Waals surface area contributed by atoms with Crippen LogP contribution in [0.15, 0.2) is 30.3 Å². The summed E-state index contributed by atoms with van der Waals surface area (Å²) in [4.78, 5) is 24.3. The molecular weight excluding hydrogens is 352 g/mol. The van der Waals surface area contributed by atoms with Crippen LogP contribution in [0.1, 0.15) is 43.3 Å². The number of carbonyl (C=O) groups is 2. The normalized spacial score (nSPS) is 16.4. The van der Waals surface area contributed by atoms with Crippen LogP contribution in [0.3, 0.4) is 0 Å². The number of carbonyl (C=O) groups excluding carboxylic acids is 2. The third-order valence-electron chi connectivity index (χ3n) is 4.18. The Morgan fingerprint density at radius 3 is 2.81 bits per heavy atom. The maximum absolute atomic E-state index is 12.3. The van der Waals surface area contributed by atoms with E-state index < -0.39 is 5.91 Å². The predicted molar refractivity (Wildman–Crippen MR) is 99.7 cm³/mol. The van der Waals surface area contributed by atoms with Crippen molar-refractivity contribution in [3.05, 3.63) is 51.2 Å². The van der Waals surface area contributed by atoms with Gasteiger partial charge in [0, 0.05) is 18.7 Å². The Kier molecular flexibility index (Phi) is 5.90. The second-order valence-electron chi connectivity index (χ2n) is 6.27. The van der Waals surface area contributed by atoms with Gasteiger partial charge >= 0.3 is 0 Å². The van der Waals surface area contributed by atoms with Crippen LogP contribution in [0.2, 0.25) is 0 Å². The van der Waals surface area contributed by atoms with Crippen LogP contribution >= 0.6 is 11.3 Å². The molecule has 0 bridgehead atoms. The minimum atomic E-state index is -0.530. The number of amides is 2. The average Bonchev–Trinajstić information content (AvgIpc) is 3.30. The highest BCUT2D eigenvalue weighted by Crippen LogP contribution is 2.23. The second kappa shape index (κ2) is 8.33. The van der Waals surface area contributed by atoms with Gasteiger partial charge in [-0.3, -0.25) is 9.59 Å². The van der Waals surface area contributed by atoms with Crippen LogP contribution in [0.5, 0.6) is 5.75 Å². The van der Waals surface area contributed by atoms with Gasteiger partial charge in [-0.15, -0.1) is 11.3 Å². The highest BCUT2D eigenvalue weighted by Gasteiger charge is 2.17. The lowest BCUT2D eigenvalue weighted by Crippen LogP contribution is -2.23. The molecule has 3 N–H and O–H groups in total. The van der Waals surface area contributed by atoms with Gasteiger partial charge in [-0.05, 0) is 43.5 Å². The lowest BCUT2D eigenvalue weighted by Gasteiger charge is -2.15. The number of primary amides is 1. The molecule has 1 aromatic heterocycles. The number of hydrogen-bond donors (Lipinski definition) is 2. The Morgan fingerprint density at radius 2 is 2.12 bits per heavy atom. The lowest BCUT2D eigenvalue weighted by molar-refractivity contribution is 0.0675. The molecule has 138 valence electrons. The fourth-order valence-electron chi connectivity index (χ4n) is 2.76. The van der Waals surface area contributed by atoms with Gasteiger partial charge in [0.15, 0.2) is 0 Å². The molecule has 7 heteroatoms. The third kappa shape index (κ3) is 4.62. The molecule has 1 fully saturated rings. The number of thiophene rings is 1. The average molecular weight is 374 g/mol. The molecule has 0 spiro atoms. The molecule has 1 aliphatic rings. The van der Waals surface area contributed by atoms with Crippen molar-refractivity contribution in [2.75, 3.05) is 13.2 Å². The van der Waals surface area contributed by atoms with Crippen molar-refractivity contribution in [3.63, 3.8) is 0 Å². The SMILES string of the molecule is Cc1ccc(CNC(=O)c2ccc(C(N)=O)s2)c(OCC2CCCO2)c1. The van der Waals surface area contributed by atoms with Crippen molar-refractivity contribution in [1.29, 1.82) is 0 Å². The fraction of sp³-hybridized carbons (Fsp3) is 0.368. The minimum Gasteiger partial charge on any atom is -0.491 e. The Labute approximate surface area is 156 Å². The lowest BCUT2D eigenvalue weighted by atomic mass is 10.1. The zero-order valence-electron chi connectivity index (χ0n) is 14.6. The van der Waals surface area contributed by atoms with E-state index in [4.69, 9.17) is 15.2 Å². The summed E-state index contributed by atoms with van der Waals surface area (Å²) in [6.45, 7) is 3.64. The van der Waals surface area contributed by atoms with Crippen LogP contribution in [0, 0.1) is 6.92 Å². The van der Waals surface area contributed by atoms with Gasteiger partial charge in [0.1, 0.15) is 12.4 Å². The summed E-state index contributed by atoms with van der Waals surface area (Å²) < 4.78 is 11.5. The van der Waals surface area contributed by atoms with E-state index in [0.717, 1.165) is 47.7 Å². The smallest absolute Gasteiger partial charge is 0.261 e. The summed E-state index contributed by atoms with van der Waals surface area (Å²) in [5.41, 5.74) is 7.21. The van der Waals surface area contributed by atoms with E-state index >= 15 is 0 Å². The van der Waals surface area contributed by atoms with Crippen LogP contribution in [0.25, 0.3) is 0 Å². The van der Waals surface area contributed by atoms with Crippen molar-refractivity contribution in [2.24, 2.45) is 5.73 Å². The number of rotatable bonds is 7. The molecule has 1 unspecified atom stereocenters.